The number of hydrogen-bond acceptors (Lipinski definition) is 2. The summed E-state index contributed by atoms with van der Waals surface area (Å²) in [6, 6.07) is 7.73. The van der Waals surface area contributed by atoms with Crippen molar-refractivity contribution in [2.75, 3.05) is 5.32 Å². The Kier molecular flexibility index (Phi) is 4.71. The number of halogens is 3. The fourth-order valence-corrected chi connectivity index (χ4v) is 2.51. The standard InChI is InChI=1S/C14H13BrCl2N2/c1-8-6-10(7-18-14(8)15)19-9(2)11-4-3-5-12(16)13(11)17/h3-7,9,19H,1-2H3. The lowest BCUT2D eigenvalue weighted by atomic mass is 10.1. The van der Waals surface area contributed by atoms with Gasteiger partial charge in [-0.1, -0.05) is 35.3 Å². The molecule has 0 aliphatic heterocycles. The molecule has 0 aliphatic carbocycles. The van der Waals surface area contributed by atoms with Gasteiger partial charge in [-0.15, -0.1) is 0 Å². The van der Waals surface area contributed by atoms with Crippen LogP contribution in [0.1, 0.15) is 24.1 Å². The third kappa shape index (κ3) is 3.41. The lowest BCUT2D eigenvalue weighted by Crippen LogP contribution is -2.07. The van der Waals surface area contributed by atoms with Crippen molar-refractivity contribution in [1.29, 1.82) is 0 Å². The number of hydrogen-bond donors (Lipinski definition) is 1. The second kappa shape index (κ2) is 6.12. The molecular formula is C14H13BrCl2N2. The number of benzene rings is 1. The molecule has 2 rings (SSSR count). The van der Waals surface area contributed by atoms with Gasteiger partial charge in [0.2, 0.25) is 0 Å². The van der Waals surface area contributed by atoms with Gasteiger partial charge in [0.05, 0.1) is 28.0 Å². The number of aromatic nitrogens is 1. The Balaban J connectivity index is 2.23. The zero-order chi connectivity index (χ0) is 14.0. The third-order valence-corrected chi connectivity index (χ3v) is 4.51. The second-order valence-corrected chi connectivity index (χ2v) is 5.88. The van der Waals surface area contributed by atoms with Crippen LogP contribution in [-0.4, -0.2) is 4.98 Å². The summed E-state index contributed by atoms with van der Waals surface area (Å²) in [5.41, 5.74) is 2.99. The molecule has 19 heavy (non-hydrogen) atoms. The van der Waals surface area contributed by atoms with Crippen molar-refractivity contribution in [1.82, 2.24) is 4.98 Å². The van der Waals surface area contributed by atoms with Crippen molar-refractivity contribution < 1.29 is 0 Å². The van der Waals surface area contributed by atoms with Crippen LogP contribution in [0.4, 0.5) is 5.69 Å². The van der Waals surface area contributed by atoms with Gasteiger partial charge in [-0.3, -0.25) is 0 Å². The number of nitrogens with one attached hydrogen (secondary N) is 1. The van der Waals surface area contributed by atoms with Crippen LogP contribution in [0.2, 0.25) is 10.0 Å². The largest absolute Gasteiger partial charge is 0.377 e. The minimum atomic E-state index is 0.0496. The fraction of sp³-hybridized carbons (Fsp3) is 0.214. The quantitative estimate of drug-likeness (QED) is 0.718. The molecule has 1 aromatic carbocycles. The number of anilines is 1. The van der Waals surface area contributed by atoms with Crippen LogP contribution in [-0.2, 0) is 0 Å². The van der Waals surface area contributed by atoms with Crippen LogP contribution in [0, 0.1) is 6.92 Å². The summed E-state index contributed by atoms with van der Waals surface area (Å²) in [5, 5.41) is 4.52. The van der Waals surface area contributed by atoms with E-state index in [9.17, 15) is 0 Å². The molecular weight excluding hydrogens is 347 g/mol. The molecule has 0 bridgehead atoms. The van der Waals surface area contributed by atoms with E-state index < -0.39 is 0 Å². The van der Waals surface area contributed by atoms with Crippen molar-refractivity contribution in [3.8, 4) is 0 Å². The molecule has 5 heteroatoms. The maximum absolute atomic E-state index is 6.22. The van der Waals surface area contributed by atoms with Crippen molar-refractivity contribution in [2.24, 2.45) is 0 Å². The Labute approximate surface area is 131 Å². The Morgan fingerprint density at radius 2 is 2.05 bits per heavy atom. The lowest BCUT2D eigenvalue weighted by Gasteiger charge is -2.17. The molecule has 1 unspecified atom stereocenters. The number of pyridine rings is 1. The van der Waals surface area contributed by atoms with Gasteiger partial charge < -0.3 is 5.32 Å². The van der Waals surface area contributed by atoms with Crippen LogP contribution < -0.4 is 5.32 Å². The molecule has 1 N–H and O–H groups in total. The van der Waals surface area contributed by atoms with Crippen LogP contribution in [0.25, 0.3) is 0 Å². The number of rotatable bonds is 3. The van der Waals surface area contributed by atoms with E-state index in [1.807, 2.05) is 32.0 Å². The van der Waals surface area contributed by atoms with Gasteiger partial charge in [0, 0.05) is 0 Å². The van der Waals surface area contributed by atoms with Crippen molar-refractivity contribution >= 4 is 44.8 Å². The molecule has 0 aliphatic rings. The van der Waals surface area contributed by atoms with Crippen molar-refractivity contribution in [2.45, 2.75) is 19.9 Å². The van der Waals surface area contributed by atoms with Crippen LogP contribution >= 0.6 is 39.1 Å². The normalized spacial score (nSPS) is 12.3. The first-order valence-electron chi connectivity index (χ1n) is 5.81. The summed E-state index contributed by atoms with van der Waals surface area (Å²) < 4.78 is 0.853. The van der Waals surface area contributed by atoms with Crippen molar-refractivity contribution in [3.05, 3.63) is 56.2 Å². The molecule has 100 valence electrons. The molecule has 0 spiro atoms. The van der Waals surface area contributed by atoms with Gasteiger partial charge in [0.25, 0.3) is 0 Å². The molecule has 0 fully saturated rings. The second-order valence-electron chi connectivity index (χ2n) is 4.34. The monoisotopic (exact) mass is 358 g/mol. The van der Waals surface area contributed by atoms with Crippen LogP contribution in [0.3, 0.4) is 0 Å². The predicted molar refractivity (Wildman–Crippen MR) is 85.2 cm³/mol. The Morgan fingerprint density at radius 3 is 2.74 bits per heavy atom. The zero-order valence-corrected chi connectivity index (χ0v) is 13.6. The maximum atomic E-state index is 6.22. The summed E-state index contributed by atoms with van der Waals surface area (Å²) in [4.78, 5) is 4.26. The highest BCUT2D eigenvalue weighted by Crippen LogP contribution is 2.31. The highest BCUT2D eigenvalue weighted by atomic mass is 79.9. The van der Waals surface area contributed by atoms with E-state index in [-0.39, 0.29) is 6.04 Å². The number of aryl methyl sites for hydroxylation is 1. The Hall–Kier alpha value is -0.770. The third-order valence-electron chi connectivity index (χ3n) is 2.85. The van der Waals surface area contributed by atoms with Gasteiger partial charge in [0.1, 0.15) is 4.60 Å². The smallest absolute Gasteiger partial charge is 0.109 e. The summed E-state index contributed by atoms with van der Waals surface area (Å²) >= 11 is 15.6. The highest BCUT2D eigenvalue weighted by molar-refractivity contribution is 9.10. The molecule has 0 radical (unpaired) electrons. The van der Waals surface area contributed by atoms with Gasteiger partial charge in [-0.05, 0) is 53.0 Å². The summed E-state index contributed by atoms with van der Waals surface area (Å²) in [6.45, 7) is 4.04. The average molecular weight is 360 g/mol. The van der Waals surface area contributed by atoms with E-state index in [4.69, 9.17) is 23.2 Å². The number of nitrogens with zero attached hydrogens (tertiary/aromatic N) is 1. The first kappa shape index (κ1) is 14.6. The minimum absolute atomic E-state index is 0.0496. The highest BCUT2D eigenvalue weighted by Gasteiger charge is 2.12. The van der Waals surface area contributed by atoms with Gasteiger partial charge in [0.15, 0.2) is 0 Å². The average Bonchev–Trinajstić information content (AvgIpc) is 2.37. The van der Waals surface area contributed by atoms with E-state index in [0.29, 0.717) is 10.0 Å². The van der Waals surface area contributed by atoms with Gasteiger partial charge in [-0.25, -0.2) is 4.98 Å². The molecule has 1 heterocycles. The van der Waals surface area contributed by atoms with Crippen molar-refractivity contribution in [3.63, 3.8) is 0 Å². The SMILES string of the molecule is Cc1cc(NC(C)c2cccc(Cl)c2Cl)cnc1Br. The van der Waals surface area contributed by atoms with Crippen LogP contribution in [0.15, 0.2) is 35.1 Å². The van der Waals surface area contributed by atoms with Gasteiger partial charge >= 0.3 is 0 Å². The summed E-state index contributed by atoms with van der Waals surface area (Å²) in [5.74, 6) is 0. The Bertz CT molecular complexity index is 602. The van der Waals surface area contributed by atoms with E-state index in [1.54, 1.807) is 12.3 Å². The van der Waals surface area contributed by atoms with E-state index in [2.05, 4.69) is 26.2 Å². The van der Waals surface area contributed by atoms with E-state index >= 15 is 0 Å². The minimum Gasteiger partial charge on any atom is -0.377 e. The molecule has 0 amide bonds. The Morgan fingerprint density at radius 1 is 1.32 bits per heavy atom. The molecule has 2 aromatic rings. The summed E-state index contributed by atoms with van der Waals surface area (Å²) in [7, 11) is 0. The molecule has 2 nitrogen and oxygen atoms in total. The summed E-state index contributed by atoms with van der Waals surface area (Å²) in [6.07, 6.45) is 1.78. The predicted octanol–water partition coefficient (Wildman–Crippen LogP) is 5.63. The lowest BCUT2D eigenvalue weighted by molar-refractivity contribution is 0.882. The first-order chi connectivity index (χ1) is 8.99. The van der Waals surface area contributed by atoms with Gasteiger partial charge in [-0.2, -0.15) is 0 Å². The fourth-order valence-electron chi connectivity index (χ4n) is 1.82. The molecule has 0 saturated heterocycles. The van der Waals surface area contributed by atoms with E-state index in [0.717, 1.165) is 21.4 Å². The molecule has 1 aromatic heterocycles. The molecule has 0 saturated carbocycles. The topological polar surface area (TPSA) is 24.9 Å². The zero-order valence-electron chi connectivity index (χ0n) is 10.5. The van der Waals surface area contributed by atoms with Crippen LogP contribution in [0.5, 0.6) is 0 Å². The van der Waals surface area contributed by atoms with E-state index in [1.165, 1.54) is 0 Å². The maximum Gasteiger partial charge on any atom is 0.109 e. The first-order valence-corrected chi connectivity index (χ1v) is 7.36. The molecule has 1 atom stereocenters.